The Labute approximate surface area is 498 Å². The van der Waals surface area contributed by atoms with Gasteiger partial charge in [-0.15, -0.1) is 0 Å². The van der Waals surface area contributed by atoms with E-state index in [2.05, 4.69) is 79.9 Å². The van der Waals surface area contributed by atoms with Crippen molar-refractivity contribution >= 4 is 5.91 Å². The molecule has 12 unspecified atom stereocenters. The number of amides is 1. The fourth-order valence-electron chi connectivity index (χ4n) is 10.9. The molecule has 14 heteroatoms. The lowest BCUT2D eigenvalue weighted by Crippen LogP contribution is -2.65. The monoisotopic (exact) mass is 1160 g/mol. The third-order valence-corrected chi connectivity index (χ3v) is 16.2. The number of aliphatic hydroxyl groups is 8. The fraction of sp³-hybridized carbons (Fsp3) is 0.838. The standard InChI is InChI=1S/C68H123NO13/c1-3-5-7-9-11-13-15-17-19-21-23-25-26-27-28-29-30-32-34-36-38-40-42-44-46-48-50-52-60(73)69-56(57(72)51-49-47-45-43-41-39-37-35-33-31-24-22-20-18-16-14-12-10-8-6-4-2)55-79-67-65(78)63(76)66(59(54-71)81-67)82-68-64(77)62(75)61(74)58(53-70)80-68/h5,7,11,13,17,19,23,25,27-28,56-59,61-68,70-72,74-78H,3-4,6,8-10,12,14-16,18,20-22,24,26,29-55H2,1-2H3,(H,69,73)/b7-5-,13-11-,19-17-,25-23-,28-27-. The van der Waals surface area contributed by atoms with Gasteiger partial charge in [0.05, 0.1) is 32.0 Å². The Bertz CT molecular complexity index is 1610. The zero-order valence-electron chi connectivity index (χ0n) is 51.7. The van der Waals surface area contributed by atoms with Gasteiger partial charge in [0.2, 0.25) is 5.91 Å². The van der Waals surface area contributed by atoms with Gasteiger partial charge in [0.15, 0.2) is 12.6 Å². The maximum Gasteiger partial charge on any atom is 0.220 e. The van der Waals surface area contributed by atoms with Crippen LogP contribution in [0, 0.1) is 0 Å². The van der Waals surface area contributed by atoms with Crippen molar-refractivity contribution in [3.8, 4) is 0 Å². The third kappa shape index (κ3) is 37.3. The summed E-state index contributed by atoms with van der Waals surface area (Å²) in [6, 6.07) is -0.834. The summed E-state index contributed by atoms with van der Waals surface area (Å²) >= 11 is 0. The molecule has 0 radical (unpaired) electrons. The molecule has 2 heterocycles. The third-order valence-electron chi connectivity index (χ3n) is 16.2. The van der Waals surface area contributed by atoms with E-state index in [1.54, 1.807) is 0 Å². The maximum atomic E-state index is 13.3. The summed E-state index contributed by atoms with van der Waals surface area (Å²) in [6.07, 6.45) is 52.2. The minimum atomic E-state index is -1.78. The van der Waals surface area contributed by atoms with Crippen LogP contribution in [0.3, 0.4) is 0 Å². The van der Waals surface area contributed by atoms with Crippen molar-refractivity contribution in [3.05, 3.63) is 60.8 Å². The van der Waals surface area contributed by atoms with Gasteiger partial charge in [-0.1, -0.05) is 267 Å². The first-order chi connectivity index (χ1) is 40.1. The predicted molar refractivity (Wildman–Crippen MR) is 332 cm³/mol. The average Bonchev–Trinajstić information content (AvgIpc) is 3.67. The van der Waals surface area contributed by atoms with Crippen LogP contribution in [0.4, 0.5) is 0 Å². The molecule has 12 atom stereocenters. The number of rotatable bonds is 54. The number of allylic oxidation sites excluding steroid dienone is 10. The van der Waals surface area contributed by atoms with Crippen molar-refractivity contribution in [2.75, 3.05) is 19.8 Å². The Morgan fingerprint density at radius 3 is 1.29 bits per heavy atom. The lowest BCUT2D eigenvalue weighted by molar-refractivity contribution is -0.359. The van der Waals surface area contributed by atoms with E-state index in [1.165, 1.54) is 154 Å². The number of aliphatic hydroxyl groups excluding tert-OH is 8. The number of unbranched alkanes of at least 4 members (excludes halogenated alkanes) is 31. The van der Waals surface area contributed by atoms with E-state index in [0.717, 1.165) is 89.9 Å². The first-order valence-electron chi connectivity index (χ1n) is 33.5. The predicted octanol–water partition coefficient (Wildman–Crippen LogP) is 12.9. The van der Waals surface area contributed by atoms with Crippen LogP contribution >= 0.6 is 0 Å². The molecule has 0 saturated carbocycles. The van der Waals surface area contributed by atoms with E-state index in [9.17, 15) is 45.6 Å². The van der Waals surface area contributed by atoms with Crippen LogP contribution in [-0.4, -0.2) is 140 Å². The van der Waals surface area contributed by atoms with E-state index in [4.69, 9.17) is 18.9 Å². The lowest BCUT2D eigenvalue weighted by Gasteiger charge is -2.46. The molecule has 0 aromatic heterocycles. The van der Waals surface area contributed by atoms with Crippen molar-refractivity contribution in [2.45, 2.75) is 344 Å². The van der Waals surface area contributed by atoms with Gasteiger partial charge in [-0.25, -0.2) is 0 Å². The van der Waals surface area contributed by atoms with Crippen LogP contribution in [-0.2, 0) is 23.7 Å². The number of hydrogen-bond donors (Lipinski definition) is 9. The summed E-state index contributed by atoms with van der Waals surface area (Å²) in [5, 5.41) is 87.5. The van der Waals surface area contributed by atoms with Gasteiger partial charge in [-0.3, -0.25) is 4.79 Å². The SMILES string of the molecule is CC/C=C\C/C=C\C/C=C\C/C=C\C/C=C\CCCCCCCCCCCCCC(=O)NC(COC1OC(CO)C(OC2OC(CO)C(O)C(O)C2O)C(O)C1O)C(O)CCCCCCCCCCCCCCCCCCCCCCC. The zero-order chi connectivity index (χ0) is 59.5. The van der Waals surface area contributed by atoms with E-state index in [1.807, 2.05) is 0 Å². The Morgan fingerprint density at radius 2 is 0.841 bits per heavy atom. The highest BCUT2D eigenvalue weighted by Crippen LogP contribution is 2.30. The Hall–Kier alpha value is -2.31. The van der Waals surface area contributed by atoms with Gasteiger partial charge in [0.1, 0.15) is 48.8 Å². The van der Waals surface area contributed by atoms with Crippen molar-refractivity contribution < 1.29 is 64.6 Å². The highest BCUT2D eigenvalue weighted by Gasteiger charge is 2.51. The minimum Gasteiger partial charge on any atom is -0.394 e. The maximum absolute atomic E-state index is 13.3. The van der Waals surface area contributed by atoms with Gasteiger partial charge in [-0.05, 0) is 57.8 Å². The van der Waals surface area contributed by atoms with Gasteiger partial charge in [-0.2, -0.15) is 0 Å². The number of hydrogen-bond acceptors (Lipinski definition) is 13. The molecule has 82 heavy (non-hydrogen) atoms. The molecule has 0 spiro atoms. The van der Waals surface area contributed by atoms with Gasteiger partial charge < -0.3 is 65.1 Å². The summed E-state index contributed by atoms with van der Waals surface area (Å²) in [4.78, 5) is 13.3. The first kappa shape index (κ1) is 75.8. The van der Waals surface area contributed by atoms with E-state index in [-0.39, 0.29) is 12.5 Å². The van der Waals surface area contributed by atoms with E-state index < -0.39 is 86.8 Å². The van der Waals surface area contributed by atoms with Crippen LogP contribution in [0.2, 0.25) is 0 Å². The van der Waals surface area contributed by atoms with Crippen molar-refractivity contribution in [2.24, 2.45) is 0 Å². The van der Waals surface area contributed by atoms with Crippen LogP contribution < -0.4 is 5.32 Å². The Kier molecular flexibility index (Phi) is 49.0. The molecule has 9 N–H and O–H groups in total. The molecule has 0 aliphatic carbocycles. The molecule has 478 valence electrons. The highest BCUT2D eigenvalue weighted by molar-refractivity contribution is 5.76. The smallest absolute Gasteiger partial charge is 0.220 e. The largest absolute Gasteiger partial charge is 0.394 e. The van der Waals surface area contributed by atoms with Crippen molar-refractivity contribution in [3.63, 3.8) is 0 Å². The number of ether oxygens (including phenoxy) is 4. The second-order valence-electron chi connectivity index (χ2n) is 23.6. The molecular formula is C68H123NO13. The van der Waals surface area contributed by atoms with Crippen LogP contribution in [0.15, 0.2) is 60.8 Å². The fourth-order valence-corrected chi connectivity index (χ4v) is 10.9. The summed E-state index contributed by atoms with van der Waals surface area (Å²) in [5.41, 5.74) is 0. The number of nitrogens with one attached hydrogen (secondary N) is 1. The highest BCUT2D eigenvalue weighted by atomic mass is 16.7. The van der Waals surface area contributed by atoms with Crippen molar-refractivity contribution in [1.82, 2.24) is 5.32 Å². The molecule has 0 aromatic rings. The molecule has 0 aromatic carbocycles. The Balaban J connectivity index is 1.69. The van der Waals surface area contributed by atoms with Gasteiger partial charge in [0.25, 0.3) is 0 Å². The number of carbonyl (C=O) groups is 1. The van der Waals surface area contributed by atoms with Gasteiger partial charge in [0, 0.05) is 6.42 Å². The molecule has 0 bridgehead atoms. The van der Waals surface area contributed by atoms with Gasteiger partial charge >= 0.3 is 0 Å². The second-order valence-corrected chi connectivity index (χ2v) is 23.6. The Morgan fingerprint density at radius 1 is 0.451 bits per heavy atom. The molecule has 2 aliphatic heterocycles. The topological polar surface area (TPSA) is 228 Å². The summed E-state index contributed by atoms with van der Waals surface area (Å²) < 4.78 is 22.9. The molecular weight excluding hydrogens is 1040 g/mol. The molecule has 1 amide bonds. The molecule has 2 aliphatic rings. The van der Waals surface area contributed by atoms with Crippen LogP contribution in [0.1, 0.15) is 271 Å². The molecule has 2 saturated heterocycles. The summed E-state index contributed by atoms with van der Waals surface area (Å²) in [5.74, 6) is -0.209. The average molecular weight is 1160 g/mol. The van der Waals surface area contributed by atoms with Crippen LogP contribution in [0.25, 0.3) is 0 Å². The first-order valence-corrected chi connectivity index (χ1v) is 33.5. The molecule has 2 rings (SSSR count). The normalized spacial score (nSPS) is 24.3. The number of carbonyl (C=O) groups excluding carboxylic acids is 1. The molecule has 2 fully saturated rings. The second kappa shape index (κ2) is 53.0. The minimum absolute atomic E-state index is 0.209. The van der Waals surface area contributed by atoms with Crippen molar-refractivity contribution in [1.29, 1.82) is 0 Å². The quantitative estimate of drug-likeness (QED) is 0.0204. The zero-order valence-corrected chi connectivity index (χ0v) is 51.7. The van der Waals surface area contributed by atoms with E-state index >= 15 is 0 Å². The lowest BCUT2D eigenvalue weighted by atomic mass is 9.97. The molecule has 14 nitrogen and oxygen atoms in total. The summed E-state index contributed by atoms with van der Waals surface area (Å²) in [6.45, 7) is 2.77. The van der Waals surface area contributed by atoms with Crippen LogP contribution in [0.5, 0.6) is 0 Å². The summed E-state index contributed by atoms with van der Waals surface area (Å²) in [7, 11) is 0. The van der Waals surface area contributed by atoms with E-state index in [0.29, 0.717) is 12.8 Å².